The summed E-state index contributed by atoms with van der Waals surface area (Å²) in [5, 5.41) is 14.2. The summed E-state index contributed by atoms with van der Waals surface area (Å²) >= 11 is 0. The number of aryl methyl sites for hydroxylation is 1. The van der Waals surface area contributed by atoms with E-state index in [0.29, 0.717) is 0 Å². The maximum Gasteiger partial charge on any atom is 0.252 e. The second-order valence-electron chi connectivity index (χ2n) is 6.59. The van der Waals surface area contributed by atoms with Crippen LogP contribution in [0.1, 0.15) is 24.8 Å². The fraction of sp³-hybridized carbons (Fsp3) is 0.444. The molecule has 4 rings (SSSR count). The van der Waals surface area contributed by atoms with Crippen LogP contribution >= 0.6 is 0 Å². The van der Waals surface area contributed by atoms with Crippen LogP contribution in [0.15, 0.2) is 36.7 Å². The molecule has 0 saturated carbocycles. The Morgan fingerprint density at radius 3 is 2.92 bits per heavy atom. The number of benzene rings is 1. The number of fused-ring (bicyclic) bond motifs is 1. The number of aromatic nitrogens is 2. The van der Waals surface area contributed by atoms with Gasteiger partial charge in [-0.1, -0.05) is 0 Å². The van der Waals surface area contributed by atoms with E-state index in [-0.39, 0.29) is 5.91 Å². The van der Waals surface area contributed by atoms with Gasteiger partial charge in [0.25, 0.3) is 5.91 Å². The maximum absolute atomic E-state index is 13.1. The summed E-state index contributed by atoms with van der Waals surface area (Å²) in [4.78, 5) is 13.1. The lowest BCUT2D eigenvalue weighted by molar-refractivity contribution is -0.126. The lowest BCUT2D eigenvalue weighted by Crippen LogP contribution is -2.52. The van der Waals surface area contributed by atoms with Gasteiger partial charge in [0.15, 0.2) is 0 Å². The Morgan fingerprint density at radius 2 is 2.12 bits per heavy atom. The third-order valence-electron chi connectivity index (χ3n) is 5.10. The summed E-state index contributed by atoms with van der Waals surface area (Å²) < 4.78 is 1.82. The molecule has 2 aromatic rings. The van der Waals surface area contributed by atoms with Crippen LogP contribution < -0.4 is 16.0 Å². The van der Waals surface area contributed by atoms with E-state index >= 15 is 0 Å². The predicted molar refractivity (Wildman–Crippen MR) is 94.2 cm³/mol. The van der Waals surface area contributed by atoms with E-state index in [1.165, 1.54) is 11.3 Å². The molecule has 0 spiro atoms. The topological polar surface area (TPSA) is 71.0 Å². The lowest BCUT2D eigenvalue weighted by Gasteiger charge is -2.36. The summed E-state index contributed by atoms with van der Waals surface area (Å²) in [7, 11) is 0. The Balaban J connectivity index is 1.59. The van der Waals surface area contributed by atoms with E-state index in [4.69, 9.17) is 0 Å². The van der Waals surface area contributed by atoms with Gasteiger partial charge in [0.1, 0.15) is 5.54 Å². The molecule has 0 unspecified atom stereocenters. The third kappa shape index (κ3) is 2.67. The average Bonchev–Trinajstić information content (AvgIpc) is 3.17. The minimum Gasteiger partial charge on any atom is -0.385 e. The van der Waals surface area contributed by atoms with Crippen molar-refractivity contribution in [2.24, 2.45) is 0 Å². The van der Waals surface area contributed by atoms with Crippen LogP contribution in [0.3, 0.4) is 0 Å². The van der Waals surface area contributed by atoms with E-state index in [9.17, 15) is 4.79 Å². The van der Waals surface area contributed by atoms with E-state index in [1.807, 2.05) is 23.0 Å². The molecule has 1 amide bonds. The number of rotatable bonds is 3. The van der Waals surface area contributed by atoms with Crippen LogP contribution in [-0.2, 0) is 16.8 Å². The van der Waals surface area contributed by atoms with Crippen molar-refractivity contribution < 1.29 is 4.79 Å². The largest absolute Gasteiger partial charge is 0.385 e. The van der Waals surface area contributed by atoms with Crippen LogP contribution in [0, 0.1) is 0 Å². The minimum absolute atomic E-state index is 0.0245. The first-order valence-corrected chi connectivity index (χ1v) is 8.67. The van der Waals surface area contributed by atoms with Crippen molar-refractivity contribution in [3.05, 3.63) is 42.2 Å². The van der Waals surface area contributed by atoms with Crippen molar-refractivity contribution >= 4 is 17.3 Å². The molecule has 1 saturated heterocycles. The van der Waals surface area contributed by atoms with Gasteiger partial charge in [0.05, 0.1) is 0 Å². The van der Waals surface area contributed by atoms with Gasteiger partial charge in [0, 0.05) is 30.3 Å². The van der Waals surface area contributed by atoms with Crippen molar-refractivity contribution in [1.82, 2.24) is 15.1 Å². The third-order valence-corrected chi connectivity index (χ3v) is 5.10. The van der Waals surface area contributed by atoms with Gasteiger partial charge in [-0.3, -0.25) is 9.48 Å². The Kier molecular flexibility index (Phi) is 3.98. The van der Waals surface area contributed by atoms with Gasteiger partial charge >= 0.3 is 0 Å². The number of anilines is 2. The summed E-state index contributed by atoms with van der Waals surface area (Å²) in [5.41, 5.74) is 2.72. The summed E-state index contributed by atoms with van der Waals surface area (Å²) in [6.07, 6.45) is 7.30. The van der Waals surface area contributed by atoms with Crippen molar-refractivity contribution in [2.75, 3.05) is 30.3 Å². The molecule has 3 heterocycles. The quantitative estimate of drug-likeness (QED) is 0.807. The molecule has 6 nitrogen and oxygen atoms in total. The number of amides is 1. The molecule has 6 heteroatoms. The van der Waals surface area contributed by atoms with Crippen LogP contribution in [0.25, 0.3) is 0 Å². The first kappa shape index (κ1) is 15.2. The van der Waals surface area contributed by atoms with Gasteiger partial charge in [0.2, 0.25) is 0 Å². The number of piperidine rings is 1. The minimum atomic E-state index is -0.608. The smallest absolute Gasteiger partial charge is 0.252 e. The molecule has 0 atom stereocenters. The molecule has 2 aliphatic heterocycles. The van der Waals surface area contributed by atoms with Gasteiger partial charge < -0.3 is 16.0 Å². The number of nitrogens with zero attached hydrogens (tertiary/aromatic N) is 2. The summed E-state index contributed by atoms with van der Waals surface area (Å²) in [5.74, 6) is 0.0245. The fourth-order valence-electron chi connectivity index (χ4n) is 3.72. The Morgan fingerprint density at radius 1 is 1.25 bits per heavy atom. The van der Waals surface area contributed by atoms with E-state index in [2.05, 4.69) is 33.2 Å². The van der Waals surface area contributed by atoms with Crippen molar-refractivity contribution in [3.63, 3.8) is 0 Å². The maximum atomic E-state index is 13.1. The normalized spacial score (nSPS) is 19.2. The molecular weight excluding hydrogens is 302 g/mol. The summed E-state index contributed by atoms with van der Waals surface area (Å²) in [6.45, 7) is 2.66. The number of carbonyl (C=O) groups excluding carboxylic acids is 1. The number of hydrogen-bond donors (Lipinski definition) is 3. The number of carbonyl (C=O) groups is 1. The van der Waals surface area contributed by atoms with Crippen molar-refractivity contribution in [2.45, 2.75) is 31.2 Å². The lowest BCUT2D eigenvalue weighted by atomic mass is 9.87. The molecule has 1 fully saturated rings. The van der Waals surface area contributed by atoms with Gasteiger partial charge in [-0.15, -0.1) is 0 Å². The van der Waals surface area contributed by atoms with E-state index < -0.39 is 5.54 Å². The molecule has 3 N–H and O–H groups in total. The zero-order chi connectivity index (χ0) is 16.4. The average molecular weight is 325 g/mol. The first-order chi connectivity index (χ1) is 11.8. The van der Waals surface area contributed by atoms with Crippen LogP contribution in [0.2, 0.25) is 0 Å². The van der Waals surface area contributed by atoms with Gasteiger partial charge in [-0.2, -0.15) is 5.10 Å². The molecular formula is C18H23N5O. The second kappa shape index (κ2) is 6.28. The molecule has 0 aliphatic carbocycles. The SMILES string of the molecule is O=C(Nc1ccc2c(c1)CCCN2)C1(n2cccn2)CCNCC1. The van der Waals surface area contributed by atoms with Crippen LogP contribution in [0.5, 0.6) is 0 Å². The second-order valence-corrected chi connectivity index (χ2v) is 6.59. The highest BCUT2D eigenvalue weighted by molar-refractivity contribution is 5.97. The van der Waals surface area contributed by atoms with E-state index in [0.717, 1.165) is 51.0 Å². The molecule has 2 aliphatic rings. The zero-order valence-corrected chi connectivity index (χ0v) is 13.7. The Labute approximate surface area is 141 Å². The highest BCUT2D eigenvalue weighted by atomic mass is 16.2. The summed E-state index contributed by atoms with van der Waals surface area (Å²) in [6, 6.07) is 8.01. The number of hydrogen-bond acceptors (Lipinski definition) is 4. The van der Waals surface area contributed by atoms with E-state index in [1.54, 1.807) is 6.20 Å². The first-order valence-electron chi connectivity index (χ1n) is 8.67. The van der Waals surface area contributed by atoms with Gasteiger partial charge in [-0.25, -0.2) is 0 Å². The molecule has 0 bridgehead atoms. The standard InChI is InChI=1S/C18H23N5O/c24-17(18(6-10-19-11-7-18)23-12-2-9-21-23)22-15-4-5-16-14(13-15)3-1-8-20-16/h2,4-5,9,12-13,19-20H,1,3,6-8,10-11H2,(H,22,24). The van der Waals surface area contributed by atoms with Crippen LogP contribution in [-0.4, -0.2) is 35.3 Å². The molecule has 24 heavy (non-hydrogen) atoms. The zero-order valence-electron chi connectivity index (χ0n) is 13.7. The molecule has 0 radical (unpaired) electrons. The van der Waals surface area contributed by atoms with Crippen molar-refractivity contribution in [3.8, 4) is 0 Å². The molecule has 126 valence electrons. The molecule has 1 aromatic carbocycles. The van der Waals surface area contributed by atoms with Crippen molar-refractivity contribution in [1.29, 1.82) is 0 Å². The molecule has 1 aromatic heterocycles. The predicted octanol–water partition coefficient (Wildman–Crippen LogP) is 1.96. The Hall–Kier alpha value is -2.34. The monoisotopic (exact) mass is 325 g/mol. The van der Waals surface area contributed by atoms with Crippen LogP contribution in [0.4, 0.5) is 11.4 Å². The number of nitrogens with one attached hydrogen (secondary N) is 3. The highest BCUT2D eigenvalue weighted by Crippen LogP contribution is 2.30. The highest BCUT2D eigenvalue weighted by Gasteiger charge is 2.42. The van der Waals surface area contributed by atoms with Gasteiger partial charge in [-0.05, 0) is 68.6 Å². The fourth-order valence-corrected chi connectivity index (χ4v) is 3.72. The Bertz CT molecular complexity index is 719.